The van der Waals surface area contributed by atoms with Crippen LogP contribution in [0.2, 0.25) is 0 Å². The number of anilines is 1. The second-order valence-electron chi connectivity index (χ2n) is 6.99. The van der Waals surface area contributed by atoms with E-state index in [4.69, 9.17) is 0 Å². The van der Waals surface area contributed by atoms with E-state index in [1.807, 2.05) is 30.3 Å². The molecule has 2 heterocycles. The highest BCUT2D eigenvalue weighted by Gasteiger charge is 2.24. The smallest absolute Gasteiger partial charge is 0.256 e. The van der Waals surface area contributed by atoms with Crippen LogP contribution in [0, 0.1) is 27.7 Å². The summed E-state index contributed by atoms with van der Waals surface area (Å²) < 4.78 is 2.25. The van der Waals surface area contributed by atoms with Gasteiger partial charge in [-0.05, 0) is 74.7 Å². The van der Waals surface area contributed by atoms with Crippen LogP contribution in [0.1, 0.15) is 33.6 Å². The minimum absolute atomic E-state index is 0.0396. The van der Waals surface area contributed by atoms with E-state index in [0.29, 0.717) is 0 Å². The van der Waals surface area contributed by atoms with Crippen LogP contribution in [0.5, 0.6) is 0 Å². The van der Waals surface area contributed by atoms with E-state index in [2.05, 4.69) is 61.8 Å². The number of amides is 1. The van der Waals surface area contributed by atoms with Crippen LogP contribution in [0.15, 0.2) is 48.5 Å². The first-order chi connectivity index (χ1) is 12.5. The van der Waals surface area contributed by atoms with Crippen molar-refractivity contribution in [2.24, 2.45) is 0 Å². The molecule has 130 valence electrons. The van der Waals surface area contributed by atoms with Gasteiger partial charge in [0.15, 0.2) is 0 Å². The van der Waals surface area contributed by atoms with Crippen LogP contribution in [-0.2, 0) is 4.79 Å². The zero-order valence-corrected chi connectivity index (χ0v) is 15.6. The van der Waals surface area contributed by atoms with Gasteiger partial charge >= 0.3 is 0 Å². The summed E-state index contributed by atoms with van der Waals surface area (Å²) >= 11 is 0. The molecule has 3 nitrogen and oxygen atoms in total. The summed E-state index contributed by atoms with van der Waals surface area (Å²) in [7, 11) is 0. The van der Waals surface area contributed by atoms with Gasteiger partial charge in [-0.25, -0.2) is 0 Å². The standard InChI is InChI=1S/C23H22N2O/c1-14-9-10-19(11-15(14)2)25-16(3)12-18(17(25)4)13-21-20-7-5-6-8-22(20)24-23(21)26/h5-13H,1-4H3,(H,24,26)/b21-13-. The first kappa shape index (κ1) is 16.4. The molecule has 0 saturated heterocycles. The van der Waals surface area contributed by atoms with Gasteiger partial charge < -0.3 is 9.88 Å². The van der Waals surface area contributed by atoms with E-state index in [1.165, 1.54) is 11.1 Å². The van der Waals surface area contributed by atoms with Gasteiger partial charge in [-0.1, -0.05) is 24.3 Å². The van der Waals surface area contributed by atoms with Crippen LogP contribution in [-0.4, -0.2) is 10.5 Å². The minimum Gasteiger partial charge on any atom is -0.321 e. The molecule has 0 aliphatic carbocycles. The molecule has 3 aromatic rings. The Morgan fingerprint density at radius 3 is 2.46 bits per heavy atom. The Kier molecular flexibility index (Phi) is 3.80. The monoisotopic (exact) mass is 342 g/mol. The number of benzene rings is 2. The number of rotatable bonds is 2. The third-order valence-corrected chi connectivity index (χ3v) is 5.23. The number of hydrogen-bond donors (Lipinski definition) is 1. The molecule has 1 amide bonds. The molecule has 1 aliphatic heterocycles. The van der Waals surface area contributed by atoms with Crippen LogP contribution in [0.3, 0.4) is 0 Å². The van der Waals surface area contributed by atoms with Crippen molar-refractivity contribution in [2.75, 3.05) is 5.32 Å². The number of nitrogens with one attached hydrogen (secondary N) is 1. The van der Waals surface area contributed by atoms with Crippen LogP contribution in [0.4, 0.5) is 5.69 Å². The average molecular weight is 342 g/mol. The minimum atomic E-state index is -0.0396. The summed E-state index contributed by atoms with van der Waals surface area (Å²) in [5, 5.41) is 2.94. The van der Waals surface area contributed by atoms with Crippen LogP contribution >= 0.6 is 0 Å². The molecule has 4 rings (SSSR count). The lowest BCUT2D eigenvalue weighted by Crippen LogP contribution is -2.03. The van der Waals surface area contributed by atoms with Crippen molar-refractivity contribution in [3.05, 3.63) is 82.2 Å². The van der Waals surface area contributed by atoms with E-state index < -0.39 is 0 Å². The molecule has 3 heteroatoms. The summed E-state index contributed by atoms with van der Waals surface area (Å²) in [4.78, 5) is 12.4. The van der Waals surface area contributed by atoms with Crippen molar-refractivity contribution < 1.29 is 4.79 Å². The van der Waals surface area contributed by atoms with E-state index in [-0.39, 0.29) is 5.91 Å². The molecule has 1 aromatic heterocycles. The zero-order valence-electron chi connectivity index (χ0n) is 15.6. The molecule has 0 atom stereocenters. The van der Waals surface area contributed by atoms with E-state index in [1.54, 1.807) is 0 Å². The van der Waals surface area contributed by atoms with Gasteiger partial charge in [-0.3, -0.25) is 4.79 Å². The third-order valence-electron chi connectivity index (χ3n) is 5.23. The Labute approximate surface area is 154 Å². The molecule has 0 bridgehead atoms. The van der Waals surface area contributed by atoms with E-state index in [0.717, 1.165) is 39.5 Å². The van der Waals surface area contributed by atoms with Gasteiger partial charge in [0, 0.05) is 33.9 Å². The highest BCUT2D eigenvalue weighted by molar-refractivity contribution is 6.34. The summed E-state index contributed by atoms with van der Waals surface area (Å²) in [5.41, 5.74) is 9.66. The summed E-state index contributed by atoms with van der Waals surface area (Å²) in [6, 6.07) is 16.5. The first-order valence-electron chi connectivity index (χ1n) is 8.85. The molecule has 2 aromatic carbocycles. The van der Waals surface area contributed by atoms with Crippen molar-refractivity contribution in [3.8, 4) is 5.69 Å². The molecular weight excluding hydrogens is 320 g/mol. The molecule has 1 aliphatic rings. The molecular formula is C23H22N2O. The van der Waals surface area contributed by atoms with Crippen molar-refractivity contribution in [1.29, 1.82) is 0 Å². The maximum absolute atomic E-state index is 12.4. The highest BCUT2D eigenvalue weighted by Crippen LogP contribution is 2.34. The van der Waals surface area contributed by atoms with E-state index >= 15 is 0 Å². The SMILES string of the molecule is Cc1ccc(-n2c(C)cc(/C=C3\C(=O)Nc4ccccc43)c2C)cc1C. The summed E-state index contributed by atoms with van der Waals surface area (Å²) in [5.74, 6) is -0.0396. The summed E-state index contributed by atoms with van der Waals surface area (Å²) in [6.07, 6.45) is 2.00. The van der Waals surface area contributed by atoms with Gasteiger partial charge in [-0.15, -0.1) is 0 Å². The van der Waals surface area contributed by atoms with Gasteiger partial charge in [0.1, 0.15) is 0 Å². The number of hydrogen-bond acceptors (Lipinski definition) is 1. The highest BCUT2D eigenvalue weighted by atomic mass is 16.2. The third kappa shape index (κ3) is 2.57. The molecule has 0 saturated carbocycles. The Balaban J connectivity index is 1.83. The largest absolute Gasteiger partial charge is 0.321 e. The number of carbonyl (C=O) groups excluding carboxylic acids is 1. The zero-order chi connectivity index (χ0) is 18.4. The number of para-hydroxylation sites is 1. The predicted octanol–water partition coefficient (Wildman–Crippen LogP) is 5.20. The Morgan fingerprint density at radius 1 is 0.923 bits per heavy atom. The number of aromatic nitrogens is 1. The van der Waals surface area contributed by atoms with Crippen LogP contribution in [0.25, 0.3) is 17.3 Å². The van der Waals surface area contributed by atoms with Crippen molar-refractivity contribution in [3.63, 3.8) is 0 Å². The lowest BCUT2D eigenvalue weighted by molar-refractivity contribution is -0.110. The molecule has 0 unspecified atom stereocenters. The number of aryl methyl sites for hydroxylation is 3. The second-order valence-corrected chi connectivity index (χ2v) is 6.99. The fourth-order valence-electron chi connectivity index (χ4n) is 3.63. The van der Waals surface area contributed by atoms with Crippen molar-refractivity contribution >= 4 is 23.2 Å². The topological polar surface area (TPSA) is 34.0 Å². The number of fused-ring (bicyclic) bond motifs is 1. The van der Waals surface area contributed by atoms with Crippen molar-refractivity contribution in [1.82, 2.24) is 4.57 Å². The maximum Gasteiger partial charge on any atom is 0.256 e. The fraction of sp³-hybridized carbons (Fsp3) is 0.174. The predicted molar refractivity (Wildman–Crippen MR) is 108 cm³/mol. The van der Waals surface area contributed by atoms with Gasteiger partial charge in [0.25, 0.3) is 5.91 Å². The van der Waals surface area contributed by atoms with Crippen molar-refractivity contribution in [2.45, 2.75) is 27.7 Å². The lowest BCUT2D eigenvalue weighted by atomic mass is 10.0. The number of nitrogens with zero attached hydrogens (tertiary/aromatic N) is 1. The van der Waals surface area contributed by atoms with E-state index in [9.17, 15) is 4.79 Å². The van der Waals surface area contributed by atoms with Gasteiger partial charge in [0.05, 0.1) is 0 Å². The fourth-order valence-corrected chi connectivity index (χ4v) is 3.63. The Hall–Kier alpha value is -3.07. The Morgan fingerprint density at radius 2 is 1.69 bits per heavy atom. The molecule has 0 fully saturated rings. The average Bonchev–Trinajstić information content (AvgIpc) is 3.07. The quantitative estimate of drug-likeness (QED) is 0.638. The molecule has 0 radical (unpaired) electrons. The van der Waals surface area contributed by atoms with Crippen LogP contribution < -0.4 is 5.32 Å². The summed E-state index contributed by atoms with van der Waals surface area (Å²) in [6.45, 7) is 8.47. The number of carbonyl (C=O) groups is 1. The molecule has 1 N–H and O–H groups in total. The second kappa shape index (κ2) is 6.03. The normalized spacial score (nSPS) is 14.6. The van der Waals surface area contributed by atoms with Gasteiger partial charge in [0.2, 0.25) is 0 Å². The maximum atomic E-state index is 12.4. The Bertz CT molecular complexity index is 1070. The molecule has 26 heavy (non-hydrogen) atoms. The first-order valence-corrected chi connectivity index (χ1v) is 8.85. The lowest BCUT2D eigenvalue weighted by Gasteiger charge is -2.12. The molecule has 0 spiro atoms. The van der Waals surface area contributed by atoms with Gasteiger partial charge in [-0.2, -0.15) is 0 Å².